The second kappa shape index (κ2) is 8.88. The third-order valence-electron chi connectivity index (χ3n) is 4.88. The summed E-state index contributed by atoms with van der Waals surface area (Å²) in [6, 6.07) is 12.7. The molecule has 0 saturated heterocycles. The number of hydrogen-bond donors (Lipinski definition) is 1. The number of sulfonamides is 1. The minimum Gasteiger partial charge on any atom is -0.457 e. The highest BCUT2D eigenvalue weighted by atomic mass is 32.2. The van der Waals surface area contributed by atoms with Crippen molar-refractivity contribution in [2.75, 3.05) is 4.72 Å². The van der Waals surface area contributed by atoms with Gasteiger partial charge >= 0.3 is 6.18 Å². The zero-order valence-electron chi connectivity index (χ0n) is 18.2. The topological polar surface area (TPSA) is 131 Å². The Bertz CT molecular complexity index is 1520. The van der Waals surface area contributed by atoms with Crippen LogP contribution in [-0.2, 0) is 10.0 Å². The highest BCUT2D eigenvalue weighted by Crippen LogP contribution is 2.39. The predicted octanol–water partition coefficient (Wildman–Crippen LogP) is 4.59. The van der Waals surface area contributed by atoms with Crippen molar-refractivity contribution in [2.45, 2.75) is 31.0 Å². The smallest absolute Gasteiger partial charge is 0.429 e. The van der Waals surface area contributed by atoms with Crippen LogP contribution in [0.2, 0.25) is 0 Å². The lowest BCUT2D eigenvalue weighted by Gasteiger charge is -2.23. The first kappa shape index (κ1) is 24.0. The van der Waals surface area contributed by atoms with E-state index in [0.29, 0.717) is 0 Å². The number of nitrogens with zero attached hydrogens (tertiary/aromatic N) is 4. The molecule has 0 aliphatic carbocycles. The molecule has 35 heavy (non-hydrogen) atoms. The summed E-state index contributed by atoms with van der Waals surface area (Å²) in [5.74, 6) is -1.26. The van der Waals surface area contributed by atoms with E-state index in [9.17, 15) is 21.6 Å². The minimum absolute atomic E-state index is 0.0167. The first-order valence-corrected chi connectivity index (χ1v) is 11.4. The molecule has 1 N–H and O–H groups in total. The predicted molar refractivity (Wildman–Crippen MR) is 117 cm³/mol. The number of ether oxygens (including phenoxy) is 1. The van der Waals surface area contributed by atoms with Gasteiger partial charge in [0.1, 0.15) is 5.69 Å². The van der Waals surface area contributed by atoms with Gasteiger partial charge in [-0.3, -0.25) is 4.72 Å². The lowest BCUT2D eigenvalue weighted by Crippen LogP contribution is -2.27. The molecule has 2 aromatic carbocycles. The molecule has 2 heterocycles. The zero-order chi connectivity index (χ0) is 25.4. The van der Waals surface area contributed by atoms with E-state index in [1.165, 1.54) is 38.1 Å². The van der Waals surface area contributed by atoms with Crippen molar-refractivity contribution in [2.24, 2.45) is 0 Å². The summed E-state index contributed by atoms with van der Waals surface area (Å²) in [6.07, 6.45) is -7.42. The molecule has 0 bridgehead atoms. The van der Waals surface area contributed by atoms with Gasteiger partial charge in [0, 0.05) is 5.56 Å². The molecule has 1 unspecified atom stereocenters. The summed E-state index contributed by atoms with van der Waals surface area (Å²) in [4.78, 5) is 7.96. The maximum atomic E-state index is 14.0. The van der Waals surface area contributed by atoms with E-state index in [1.54, 1.807) is 12.1 Å². The number of nitrogens with one attached hydrogen (secondary N) is 1. The van der Waals surface area contributed by atoms with Gasteiger partial charge in [0.15, 0.2) is 10.7 Å². The molecule has 180 valence electrons. The summed E-state index contributed by atoms with van der Waals surface area (Å²) < 4.78 is 80.3. The standard InChI is InChI=1S/C22H16F3N5O4S/c1-12-18(13(2)34-29-12)35(31,32)30-20-21(28-17-6-4-3-5-16(17)27-20)33-19(22(23,24)25)15-9-7-14(11-26)8-10-15/h3-10,19H,1-2H3,(H,27,30). The van der Waals surface area contributed by atoms with E-state index in [-0.39, 0.29) is 38.5 Å². The summed E-state index contributed by atoms with van der Waals surface area (Å²) in [5.41, 5.74) is 0.304. The fourth-order valence-corrected chi connectivity index (χ4v) is 4.67. The number of fused-ring (bicyclic) bond motifs is 1. The van der Waals surface area contributed by atoms with Crippen LogP contribution in [0.5, 0.6) is 5.88 Å². The van der Waals surface area contributed by atoms with Crippen LogP contribution in [0.3, 0.4) is 0 Å². The minimum atomic E-state index is -4.90. The highest BCUT2D eigenvalue weighted by molar-refractivity contribution is 7.92. The van der Waals surface area contributed by atoms with Gasteiger partial charge in [-0.05, 0) is 38.1 Å². The summed E-state index contributed by atoms with van der Waals surface area (Å²) in [5, 5.41) is 12.5. The van der Waals surface area contributed by atoms with E-state index in [0.717, 1.165) is 12.1 Å². The van der Waals surface area contributed by atoms with Gasteiger partial charge in [-0.25, -0.2) is 18.4 Å². The number of aryl methyl sites for hydroxylation is 2. The van der Waals surface area contributed by atoms with E-state index < -0.39 is 34.0 Å². The number of para-hydroxylation sites is 2. The Hall–Kier alpha value is -4.18. The van der Waals surface area contributed by atoms with E-state index in [1.807, 2.05) is 6.07 Å². The van der Waals surface area contributed by atoms with Crippen LogP contribution in [0, 0.1) is 25.2 Å². The number of alkyl halides is 3. The fourth-order valence-electron chi connectivity index (χ4n) is 3.34. The first-order valence-electron chi connectivity index (χ1n) is 9.95. The van der Waals surface area contributed by atoms with E-state index in [4.69, 9.17) is 14.5 Å². The van der Waals surface area contributed by atoms with Crippen molar-refractivity contribution >= 4 is 26.9 Å². The second-order valence-electron chi connectivity index (χ2n) is 7.40. The Morgan fingerprint density at radius 3 is 2.23 bits per heavy atom. The molecular formula is C22H16F3N5O4S. The van der Waals surface area contributed by atoms with Crippen molar-refractivity contribution in [3.8, 4) is 11.9 Å². The number of halogens is 3. The Morgan fingerprint density at radius 2 is 1.69 bits per heavy atom. The quantitative estimate of drug-likeness (QED) is 0.404. The molecule has 0 spiro atoms. The van der Waals surface area contributed by atoms with Crippen LogP contribution < -0.4 is 9.46 Å². The molecule has 4 rings (SSSR count). The van der Waals surface area contributed by atoms with Gasteiger partial charge in [0.05, 0.1) is 22.7 Å². The van der Waals surface area contributed by atoms with Crippen molar-refractivity contribution in [1.29, 1.82) is 5.26 Å². The van der Waals surface area contributed by atoms with Crippen molar-refractivity contribution in [3.05, 3.63) is 71.1 Å². The summed E-state index contributed by atoms with van der Waals surface area (Å²) >= 11 is 0. The number of nitriles is 1. The summed E-state index contributed by atoms with van der Waals surface area (Å²) in [7, 11) is -4.37. The van der Waals surface area contributed by atoms with Crippen LogP contribution in [0.1, 0.15) is 28.7 Å². The number of anilines is 1. The van der Waals surface area contributed by atoms with Gasteiger partial charge in [-0.1, -0.05) is 29.4 Å². The molecule has 9 nitrogen and oxygen atoms in total. The lowest BCUT2D eigenvalue weighted by atomic mass is 10.1. The van der Waals surface area contributed by atoms with Gasteiger partial charge < -0.3 is 9.26 Å². The van der Waals surface area contributed by atoms with Crippen LogP contribution in [-0.4, -0.2) is 29.7 Å². The molecule has 13 heteroatoms. The molecule has 2 aromatic heterocycles. The molecule has 0 fully saturated rings. The zero-order valence-corrected chi connectivity index (χ0v) is 19.0. The Morgan fingerprint density at radius 1 is 1.06 bits per heavy atom. The van der Waals surface area contributed by atoms with Crippen LogP contribution in [0.15, 0.2) is 57.9 Å². The molecular weight excluding hydrogens is 487 g/mol. The normalized spacial score (nSPS) is 12.8. The molecule has 0 amide bonds. The van der Waals surface area contributed by atoms with E-state index in [2.05, 4.69) is 19.8 Å². The first-order chi connectivity index (χ1) is 16.5. The number of rotatable bonds is 6. The van der Waals surface area contributed by atoms with Crippen molar-refractivity contribution in [1.82, 2.24) is 15.1 Å². The maximum Gasteiger partial charge on any atom is 0.429 e. The Balaban J connectivity index is 1.82. The van der Waals surface area contributed by atoms with Crippen LogP contribution in [0.25, 0.3) is 11.0 Å². The lowest BCUT2D eigenvalue weighted by molar-refractivity contribution is -0.198. The van der Waals surface area contributed by atoms with Gasteiger partial charge in [0.2, 0.25) is 11.9 Å². The average Bonchev–Trinajstić information content (AvgIpc) is 3.15. The molecule has 0 radical (unpaired) electrons. The third kappa shape index (κ3) is 4.87. The SMILES string of the molecule is Cc1noc(C)c1S(=O)(=O)Nc1nc2ccccc2nc1OC(c1ccc(C#N)cc1)C(F)(F)F. The van der Waals surface area contributed by atoms with Crippen LogP contribution >= 0.6 is 0 Å². The van der Waals surface area contributed by atoms with Gasteiger partial charge in [-0.15, -0.1) is 0 Å². The van der Waals surface area contributed by atoms with Gasteiger partial charge in [-0.2, -0.15) is 18.4 Å². The van der Waals surface area contributed by atoms with Crippen LogP contribution in [0.4, 0.5) is 19.0 Å². The maximum absolute atomic E-state index is 14.0. The second-order valence-corrected chi connectivity index (χ2v) is 9.02. The van der Waals surface area contributed by atoms with Crippen molar-refractivity contribution < 1.29 is 30.8 Å². The third-order valence-corrected chi connectivity index (χ3v) is 6.46. The molecule has 1 atom stereocenters. The van der Waals surface area contributed by atoms with E-state index >= 15 is 0 Å². The average molecular weight is 503 g/mol. The number of benzene rings is 2. The fraction of sp³-hybridized carbons (Fsp3) is 0.182. The molecule has 0 saturated carbocycles. The molecule has 0 aliphatic rings. The number of aromatic nitrogens is 3. The van der Waals surface area contributed by atoms with Gasteiger partial charge in [0.25, 0.3) is 15.9 Å². The van der Waals surface area contributed by atoms with Crippen molar-refractivity contribution in [3.63, 3.8) is 0 Å². The summed E-state index contributed by atoms with van der Waals surface area (Å²) in [6.45, 7) is 2.78. The largest absolute Gasteiger partial charge is 0.457 e. The number of hydrogen-bond acceptors (Lipinski definition) is 8. The molecule has 4 aromatic rings. The Labute approximate surface area is 197 Å². The highest BCUT2D eigenvalue weighted by Gasteiger charge is 2.44. The monoisotopic (exact) mass is 503 g/mol. The Kier molecular flexibility index (Phi) is 6.08. The molecule has 0 aliphatic heterocycles.